The van der Waals surface area contributed by atoms with Crippen molar-refractivity contribution < 1.29 is 8.78 Å². The van der Waals surface area contributed by atoms with Crippen LogP contribution < -0.4 is 5.32 Å². The van der Waals surface area contributed by atoms with Crippen LogP contribution in [0.2, 0.25) is 0 Å². The highest BCUT2D eigenvalue weighted by molar-refractivity contribution is 5.22. The summed E-state index contributed by atoms with van der Waals surface area (Å²) < 4.78 is 27.8. The average molecular weight is 282 g/mol. The van der Waals surface area contributed by atoms with Crippen LogP contribution in [0.3, 0.4) is 0 Å². The summed E-state index contributed by atoms with van der Waals surface area (Å²) in [4.78, 5) is 2.22. The van der Waals surface area contributed by atoms with Gasteiger partial charge in [0, 0.05) is 17.1 Å². The maximum absolute atomic E-state index is 13.9. The van der Waals surface area contributed by atoms with Crippen molar-refractivity contribution in [3.63, 3.8) is 0 Å². The van der Waals surface area contributed by atoms with Gasteiger partial charge in [-0.05, 0) is 52.5 Å². The molecular weight excluding hydrogens is 258 g/mol. The number of likely N-dealkylation sites (N-methyl/N-ethyl adjacent to an activating group) is 2. The first-order valence-electron chi connectivity index (χ1n) is 7.29. The number of hydrogen-bond donors (Lipinski definition) is 1. The second-order valence-electron chi connectivity index (χ2n) is 5.95. The third kappa shape index (κ3) is 2.72. The van der Waals surface area contributed by atoms with Gasteiger partial charge in [0.2, 0.25) is 0 Å². The van der Waals surface area contributed by atoms with E-state index in [1.54, 1.807) is 0 Å². The summed E-state index contributed by atoms with van der Waals surface area (Å²) in [6, 6.07) is 4.13. The lowest BCUT2D eigenvalue weighted by Crippen LogP contribution is -2.57. The lowest BCUT2D eigenvalue weighted by Gasteiger charge is -2.43. The van der Waals surface area contributed by atoms with Gasteiger partial charge in [-0.15, -0.1) is 0 Å². The Labute approximate surface area is 120 Å². The van der Waals surface area contributed by atoms with Gasteiger partial charge in [-0.3, -0.25) is 0 Å². The monoisotopic (exact) mass is 282 g/mol. The Bertz CT molecular complexity index is 434. The SMILES string of the molecule is CNC(Cc1c(F)cccc1F)C1(N(C)C)CCCC1. The predicted molar refractivity (Wildman–Crippen MR) is 77.8 cm³/mol. The zero-order valence-corrected chi connectivity index (χ0v) is 12.5. The van der Waals surface area contributed by atoms with Gasteiger partial charge < -0.3 is 10.2 Å². The Morgan fingerprint density at radius 2 is 1.75 bits per heavy atom. The van der Waals surface area contributed by atoms with E-state index in [4.69, 9.17) is 0 Å². The minimum Gasteiger partial charge on any atom is -0.315 e. The Morgan fingerprint density at radius 3 is 2.20 bits per heavy atom. The molecular formula is C16H24F2N2. The average Bonchev–Trinajstić information content (AvgIpc) is 2.89. The van der Waals surface area contributed by atoms with Gasteiger partial charge in [0.15, 0.2) is 0 Å². The third-order valence-electron chi connectivity index (χ3n) is 4.83. The largest absolute Gasteiger partial charge is 0.315 e. The highest BCUT2D eigenvalue weighted by atomic mass is 19.1. The number of halogens is 2. The zero-order valence-electron chi connectivity index (χ0n) is 12.5. The van der Waals surface area contributed by atoms with Gasteiger partial charge in [-0.25, -0.2) is 8.78 Å². The van der Waals surface area contributed by atoms with Gasteiger partial charge in [-0.2, -0.15) is 0 Å². The van der Waals surface area contributed by atoms with E-state index in [-0.39, 0.29) is 17.1 Å². The van der Waals surface area contributed by atoms with Crippen LogP contribution >= 0.6 is 0 Å². The molecule has 0 spiro atoms. The van der Waals surface area contributed by atoms with Gasteiger partial charge in [0.1, 0.15) is 11.6 Å². The summed E-state index contributed by atoms with van der Waals surface area (Å²) in [6.45, 7) is 0. The smallest absolute Gasteiger partial charge is 0.129 e. The maximum atomic E-state index is 13.9. The second-order valence-corrected chi connectivity index (χ2v) is 5.95. The van der Waals surface area contributed by atoms with Gasteiger partial charge in [0.25, 0.3) is 0 Å². The first kappa shape index (κ1) is 15.4. The van der Waals surface area contributed by atoms with Crippen LogP contribution in [-0.2, 0) is 6.42 Å². The Morgan fingerprint density at radius 1 is 1.20 bits per heavy atom. The van der Waals surface area contributed by atoms with E-state index in [2.05, 4.69) is 24.3 Å². The Kier molecular flexibility index (Phi) is 4.76. The van der Waals surface area contributed by atoms with Crippen molar-refractivity contribution in [3.05, 3.63) is 35.4 Å². The first-order valence-corrected chi connectivity index (χ1v) is 7.29. The second kappa shape index (κ2) is 6.19. The molecule has 20 heavy (non-hydrogen) atoms. The van der Waals surface area contributed by atoms with E-state index >= 15 is 0 Å². The van der Waals surface area contributed by atoms with E-state index in [1.807, 2.05) is 7.05 Å². The molecule has 1 aromatic rings. The summed E-state index contributed by atoms with van der Waals surface area (Å²) in [5.41, 5.74) is 0.184. The molecule has 1 N–H and O–H groups in total. The molecule has 0 saturated heterocycles. The number of nitrogens with zero attached hydrogens (tertiary/aromatic N) is 1. The van der Waals surface area contributed by atoms with Crippen LogP contribution in [0.5, 0.6) is 0 Å². The summed E-state index contributed by atoms with van der Waals surface area (Å²) in [5, 5.41) is 3.29. The number of benzene rings is 1. The molecule has 1 aromatic carbocycles. The Hall–Kier alpha value is -1.00. The summed E-state index contributed by atoms with van der Waals surface area (Å²) in [7, 11) is 6.01. The zero-order chi connectivity index (χ0) is 14.8. The molecule has 1 aliphatic carbocycles. The quantitative estimate of drug-likeness (QED) is 0.893. The van der Waals surface area contributed by atoms with Crippen LogP contribution in [0.25, 0.3) is 0 Å². The fourth-order valence-electron chi connectivity index (χ4n) is 3.59. The molecule has 1 saturated carbocycles. The minimum absolute atomic E-state index is 0.0104. The maximum Gasteiger partial charge on any atom is 0.129 e. The van der Waals surface area contributed by atoms with Crippen LogP contribution in [0, 0.1) is 11.6 Å². The lowest BCUT2D eigenvalue weighted by atomic mass is 9.83. The molecule has 2 nitrogen and oxygen atoms in total. The number of hydrogen-bond acceptors (Lipinski definition) is 2. The third-order valence-corrected chi connectivity index (χ3v) is 4.83. The van der Waals surface area contributed by atoms with E-state index in [9.17, 15) is 8.78 Å². The lowest BCUT2D eigenvalue weighted by molar-refractivity contribution is 0.107. The van der Waals surface area contributed by atoms with Crippen molar-refractivity contribution in [1.29, 1.82) is 0 Å². The molecule has 0 amide bonds. The molecule has 1 fully saturated rings. The van der Waals surface area contributed by atoms with Crippen LogP contribution in [-0.4, -0.2) is 37.6 Å². The van der Waals surface area contributed by atoms with Crippen LogP contribution in [0.1, 0.15) is 31.2 Å². The molecule has 2 rings (SSSR count). The normalized spacial score (nSPS) is 19.5. The molecule has 112 valence electrons. The highest BCUT2D eigenvalue weighted by Crippen LogP contribution is 2.38. The van der Waals surface area contributed by atoms with Gasteiger partial charge in [0.05, 0.1) is 0 Å². The molecule has 1 atom stereocenters. The molecule has 0 radical (unpaired) electrons. The van der Waals surface area contributed by atoms with Crippen LogP contribution in [0.15, 0.2) is 18.2 Å². The van der Waals surface area contributed by atoms with Gasteiger partial charge in [-0.1, -0.05) is 18.9 Å². The van der Waals surface area contributed by atoms with Crippen molar-refractivity contribution in [2.45, 2.75) is 43.7 Å². The van der Waals surface area contributed by atoms with Crippen molar-refractivity contribution in [3.8, 4) is 0 Å². The summed E-state index contributed by atoms with van der Waals surface area (Å²) in [5.74, 6) is -0.894. The summed E-state index contributed by atoms with van der Waals surface area (Å²) >= 11 is 0. The number of nitrogens with one attached hydrogen (secondary N) is 1. The van der Waals surface area contributed by atoms with E-state index in [1.165, 1.54) is 31.0 Å². The predicted octanol–water partition coefficient (Wildman–Crippen LogP) is 2.97. The van der Waals surface area contributed by atoms with Crippen LogP contribution in [0.4, 0.5) is 8.78 Å². The molecule has 0 heterocycles. The fraction of sp³-hybridized carbons (Fsp3) is 0.625. The van der Waals surface area contributed by atoms with E-state index in [0.29, 0.717) is 6.42 Å². The standard InChI is InChI=1S/C16H24F2N2/c1-19-15(16(20(2)3)9-4-5-10-16)11-12-13(17)7-6-8-14(12)18/h6-8,15,19H,4-5,9-11H2,1-3H3. The molecule has 1 unspecified atom stereocenters. The topological polar surface area (TPSA) is 15.3 Å². The van der Waals surface area contributed by atoms with Crippen molar-refractivity contribution in [2.24, 2.45) is 0 Å². The van der Waals surface area contributed by atoms with E-state index in [0.717, 1.165) is 12.8 Å². The number of rotatable bonds is 5. The molecule has 1 aliphatic rings. The first-order chi connectivity index (χ1) is 9.51. The van der Waals surface area contributed by atoms with E-state index < -0.39 is 11.6 Å². The molecule has 0 bridgehead atoms. The fourth-order valence-corrected chi connectivity index (χ4v) is 3.59. The van der Waals surface area contributed by atoms with Crippen molar-refractivity contribution in [2.75, 3.05) is 21.1 Å². The Balaban J connectivity index is 2.28. The molecule has 0 aromatic heterocycles. The summed E-state index contributed by atoms with van der Waals surface area (Å²) in [6.07, 6.45) is 4.88. The highest BCUT2D eigenvalue weighted by Gasteiger charge is 2.42. The van der Waals surface area contributed by atoms with Crippen molar-refractivity contribution >= 4 is 0 Å². The molecule has 4 heteroatoms. The van der Waals surface area contributed by atoms with Gasteiger partial charge >= 0.3 is 0 Å². The van der Waals surface area contributed by atoms with Crippen molar-refractivity contribution in [1.82, 2.24) is 10.2 Å². The minimum atomic E-state index is -0.447. The molecule has 0 aliphatic heterocycles.